The van der Waals surface area contributed by atoms with Crippen molar-refractivity contribution in [1.82, 2.24) is 14.8 Å². The Morgan fingerprint density at radius 3 is 2.80 bits per heavy atom. The van der Waals surface area contributed by atoms with Gasteiger partial charge in [0.25, 0.3) is 5.56 Å². The van der Waals surface area contributed by atoms with Crippen LogP contribution >= 0.6 is 0 Å². The van der Waals surface area contributed by atoms with E-state index in [9.17, 15) is 4.79 Å². The Hall–Kier alpha value is -2.62. The Labute approximate surface area is 116 Å². The van der Waals surface area contributed by atoms with Crippen LogP contribution in [0.3, 0.4) is 0 Å². The van der Waals surface area contributed by atoms with E-state index in [1.807, 2.05) is 49.5 Å². The highest BCUT2D eigenvalue weighted by molar-refractivity contribution is 5.39. The molecule has 0 unspecified atom stereocenters. The topological polar surface area (TPSA) is 50.7 Å². The number of nitrogens with one attached hydrogen (secondary N) is 1. The van der Waals surface area contributed by atoms with Gasteiger partial charge in [0.15, 0.2) is 0 Å². The van der Waals surface area contributed by atoms with Crippen molar-refractivity contribution in [2.45, 2.75) is 13.3 Å². The summed E-state index contributed by atoms with van der Waals surface area (Å²) >= 11 is 0. The van der Waals surface area contributed by atoms with Gasteiger partial charge in [-0.3, -0.25) is 14.9 Å². The number of aromatic nitrogens is 3. The average Bonchev–Trinajstić information content (AvgIpc) is 2.81. The number of rotatable bonds is 3. The van der Waals surface area contributed by atoms with Gasteiger partial charge in [-0.25, -0.2) is 4.68 Å². The molecule has 2 aromatic heterocycles. The lowest BCUT2D eigenvalue weighted by Gasteiger charge is -2.05. The fourth-order valence-electron chi connectivity index (χ4n) is 2.25. The van der Waals surface area contributed by atoms with Gasteiger partial charge >= 0.3 is 0 Å². The predicted octanol–water partition coefficient (Wildman–Crippen LogP) is 2.46. The van der Waals surface area contributed by atoms with Gasteiger partial charge in [0.2, 0.25) is 0 Å². The minimum absolute atomic E-state index is 0.0433. The maximum atomic E-state index is 12.1. The van der Waals surface area contributed by atoms with Crippen LogP contribution in [-0.2, 0) is 6.42 Å². The molecule has 1 aromatic carbocycles. The summed E-state index contributed by atoms with van der Waals surface area (Å²) in [5.41, 5.74) is 3.86. The van der Waals surface area contributed by atoms with Crippen LogP contribution in [0, 0.1) is 6.92 Å². The lowest BCUT2D eigenvalue weighted by Crippen LogP contribution is -2.14. The molecule has 0 saturated heterocycles. The fourth-order valence-corrected chi connectivity index (χ4v) is 2.25. The van der Waals surface area contributed by atoms with Crippen LogP contribution in [0.15, 0.2) is 59.7 Å². The molecule has 0 amide bonds. The summed E-state index contributed by atoms with van der Waals surface area (Å²) in [6.45, 7) is 1.99. The summed E-state index contributed by atoms with van der Waals surface area (Å²) < 4.78 is 1.58. The van der Waals surface area contributed by atoms with Crippen molar-refractivity contribution in [3.63, 3.8) is 0 Å². The van der Waals surface area contributed by atoms with E-state index >= 15 is 0 Å². The largest absolute Gasteiger partial charge is 0.295 e. The van der Waals surface area contributed by atoms with Crippen molar-refractivity contribution in [3.05, 3.63) is 82.0 Å². The second-order valence-electron chi connectivity index (χ2n) is 4.78. The summed E-state index contributed by atoms with van der Waals surface area (Å²) in [4.78, 5) is 16.2. The van der Waals surface area contributed by atoms with Gasteiger partial charge in [-0.1, -0.05) is 24.3 Å². The normalized spacial score (nSPS) is 10.7. The number of hydrogen-bond donors (Lipinski definition) is 1. The molecule has 2 heterocycles. The van der Waals surface area contributed by atoms with Crippen LogP contribution in [0.5, 0.6) is 0 Å². The molecule has 0 aliphatic rings. The number of benzene rings is 1. The highest BCUT2D eigenvalue weighted by Gasteiger charge is 2.07. The molecule has 4 nitrogen and oxygen atoms in total. The number of H-pyrrole nitrogens is 1. The van der Waals surface area contributed by atoms with E-state index in [1.54, 1.807) is 16.9 Å². The van der Waals surface area contributed by atoms with Crippen molar-refractivity contribution < 1.29 is 0 Å². The molecule has 0 bridgehead atoms. The van der Waals surface area contributed by atoms with Gasteiger partial charge in [-0.2, -0.15) is 0 Å². The second-order valence-corrected chi connectivity index (χ2v) is 4.78. The zero-order chi connectivity index (χ0) is 13.9. The van der Waals surface area contributed by atoms with Gasteiger partial charge in [0.1, 0.15) is 0 Å². The number of aryl methyl sites for hydroxylation is 1. The molecule has 0 aliphatic heterocycles. The Balaban J connectivity index is 1.96. The molecule has 0 atom stereocenters. The molecular weight excluding hydrogens is 250 g/mol. The van der Waals surface area contributed by atoms with Gasteiger partial charge in [0.05, 0.1) is 5.69 Å². The monoisotopic (exact) mass is 265 g/mol. The lowest BCUT2D eigenvalue weighted by molar-refractivity contribution is 0.818. The number of pyridine rings is 1. The number of aromatic amines is 1. The third-order valence-corrected chi connectivity index (χ3v) is 3.25. The maximum absolute atomic E-state index is 12.1. The van der Waals surface area contributed by atoms with E-state index in [2.05, 4.69) is 10.1 Å². The SMILES string of the molecule is Cc1ccccc1-n1[nH]c(Cc2cccnc2)cc1=O. The first-order valence-corrected chi connectivity index (χ1v) is 6.50. The molecule has 3 rings (SSSR count). The molecule has 1 N–H and O–H groups in total. The molecule has 3 aromatic rings. The van der Waals surface area contributed by atoms with E-state index in [1.165, 1.54) is 0 Å². The Morgan fingerprint density at radius 1 is 1.20 bits per heavy atom. The third kappa shape index (κ3) is 2.40. The Kier molecular flexibility index (Phi) is 3.21. The molecule has 100 valence electrons. The van der Waals surface area contributed by atoms with Crippen LogP contribution in [0.1, 0.15) is 16.8 Å². The molecule has 0 fully saturated rings. The van der Waals surface area contributed by atoms with E-state index in [-0.39, 0.29) is 5.56 Å². The molecular formula is C16H15N3O. The Morgan fingerprint density at radius 2 is 2.05 bits per heavy atom. The van der Waals surface area contributed by atoms with Crippen molar-refractivity contribution in [2.75, 3.05) is 0 Å². The van der Waals surface area contributed by atoms with Crippen molar-refractivity contribution in [1.29, 1.82) is 0 Å². The molecule has 0 saturated carbocycles. The van der Waals surface area contributed by atoms with Gasteiger partial charge < -0.3 is 0 Å². The minimum Gasteiger partial charge on any atom is -0.295 e. The first kappa shape index (κ1) is 12.4. The zero-order valence-corrected chi connectivity index (χ0v) is 11.2. The maximum Gasteiger partial charge on any atom is 0.271 e. The van der Waals surface area contributed by atoms with Crippen LogP contribution in [0.4, 0.5) is 0 Å². The summed E-state index contributed by atoms with van der Waals surface area (Å²) in [5, 5.41) is 3.16. The number of para-hydroxylation sites is 1. The van der Waals surface area contributed by atoms with E-state index < -0.39 is 0 Å². The number of nitrogens with zero attached hydrogens (tertiary/aromatic N) is 2. The summed E-state index contributed by atoms with van der Waals surface area (Å²) in [6, 6.07) is 13.3. The molecule has 20 heavy (non-hydrogen) atoms. The lowest BCUT2D eigenvalue weighted by atomic mass is 10.2. The van der Waals surface area contributed by atoms with Crippen molar-refractivity contribution >= 4 is 0 Å². The van der Waals surface area contributed by atoms with Crippen molar-refractivity contribution in [3.8, 4) is 5.69 Å². The smallest absolute Gasteiger partial charge is 0.271 e. The van der Waals surface area contributed by atoms with Crippen LogP contribution in [0.2, 0.25) is 0 Å². The van der Waals surface area contributed by atoms with E-state index in [0.717, 1.165) is 22.5 Å². The van der Waals surface area contributed by atoms with Crippen molar-refractivity contribution in [2.24, 2.45) is 0 Å². The van der Waals surface area contributed by atoms with Gasteiger partial charge in [-0.05, 0) is 30.2 Å². The molecule has 4 heteroatoms. The van der Waals surface area contributed by atoms with Crippen LogP contribution in [0.25, 0.3) is 5.69 Å². The van der Waals surface area contributed by atoms with Gasteiger partial charge in [-0.15, -0.1) is 0 Å². The highest BCUT2D eigenvalue weighted by atomic mass is 16.1. The second kappa shape index (κ2) is 5.17. The minimum atomic E-state index is -0.0433. The van der Waals surface area contributed by atoms with Gasteiger partial charge in [0, 0.05) is 30.6 Å². The predicted molar refractivity (Wildman–Crippen MR) is 78.2 cm³/mol. The zero-order valence-electron chi connectivity index (χ0n) is 11.2. The Bertz CT molecular complexity index is 772. The van der Waals surface area contributed by atoms with Crippen LogP contribution < -0.4 is 5.56 Å². The standard InChI is InChI=1S/C16H15N3O/c1-12-5-2-3-7-15(12)19-16(20)10-14(18-19)9-13-6-4-8-17-11-13/h2-8,10-11,18H,9H2,1H3. The number of hydrogen-bond acceptors (Lipinski definition) is 2. The quantitative estimate of drug-likeness (QED) is 0.791. The average molecular weight is 265 g/mol. The molecule has 0 radical (unpaired) electrons. The first-order valence-electron chi connectivity index (χ1n) is 6.50. The van der Waals surface area contributed by atoms with Crippen LogP contribution in [-0.4, -0.2) is 14.8 Å². The highest BCUT2D eigenvalue weighted by Crippen LogP contribution is 2.11. The summed E-state index contributed by atoms with van der Waals surface area (Å²) in [6.07, 6.45) is 4.22. The summed E-state index contributed by atoms with van der Waals surface area (Å²) in [7, 11) is 0. The third-order valence-electron chi connectivity index (χ3n) is 3.25. The summed E-state index contributed by atoms with van der Waals surface area (Å²) in [5.74, 6) is 0. The first-order chi connectivity index (χ1) is 9.74. The fraction of sp³-hybridized carbons (Fsp3) is 0.125. The molecule has 0 aliphatic carbocycles. The molecule has 0 spiro atoms. The van der Waals surface area contributed by atoms with E-state index in [0.29, 0.717) is 6.42 Å². The van der Waals surface area contributed by atoms with E-state index in [4.69, 9.17) is 0 Å².